The van der Waals surface area contributed by atoms with Crippen LogP contribution in [0.1, 0.15) is 18.4 Å². The van der Waals surface area contributed by atoms with Crippen LogP contribution in [0.4, 0.5) is 5.69 Å². The molecule has 2 aromatic carbocycles. The fraction of sp³-hybridized carbons (Fsp3) is 0.333. The number of H-pyrrole nitrogens is 1. The Morgan fingerprint density at radius 3 is 2.61 bits per heavy atom. The highest BCUT2D eigenvalue weighted by molar-refractivity contribution is 9.10. The number of rotatable bonds is 4. The second-order valence-corrected chi connectivity index (χ2v) is 10.4. The summed E-state index contributed by atoms with van der Waals surface area (Å²) in [6.07, 6.45) is 2.12. The Hall–Kier alpha value is -1.83. The average Bonchev–Trinajstić information content (AvgIpc) is 3.09. The lowest BCUT2D eigenvalue weighted by Gasteiger charge is -2.30. The molecule has 4 rings (SSSR count). The lowest BCUT2D eigenvalue weighted by molar-refractivity contribution is 0.264. The zero-order valence-corrected chi connectivity index (χ0v) is 18.4. The molecule has 0 atom stereocenters. The van der Waals surface area contributed by atoms with Gasteiger partial charge in [-0.3, -0.25) is 0 Å². The topological polar surface area (TPSA) is 65.2 Å². The number of hydrogen-bond donors (Lipinski definition) is 2. The molecule has 2 N–H and O–H groups in total. The molecule has 1 fully saturated rings. The molecule has 148 valence electrons. The molecule has 3 aromatic rings. The van der Waals surface area contributed by atoms with Crippen LogP contribution in [-0.4, -0.2) is 44.5 Å². The first-order chi connectivity index (χ1) is 13.3. The van der Waals surface area contributed by atoms with Crippen LogP contribution in [0, 0.1) is 6.92 Å². The number of anilines is 1. The minimum atomic E-state index is -3.62. The van der Waals surface area contributed by atoms with Crippen LogP contribution >= 0.6 is 15.9 Å². The summed E-state index contributed by atoms with van der Waals surface area (Å²) >= 11 is 3.43. The summed E-state index contributed by atoms with van der Waals surface area (Å²) in [5.74, 6) is 0. The van der Waals surface area contributed by atoms with Gasteiger partial charge in [0.15, 0.2) is 0 Å². The minimum absolute atomic E-state index is 0.217. The third-order valence-corrected chi connectivity index (χ3v) is 7.61. The first-order valence-corrected chi connectivity index (χ1v) is 11.7. The van der Waals surface area contributed by atoms with Crippen molar-refractivity contribution in [1.82, 2.24) is 9.88 Å². The third kappa shape index (κ3) is 3.83. The minimum Gasteiger partial charge on any atom is -0.382 e. The molecule has 28 heavy (non-hydrogen) atoms. The van der Waals surface area contributed by atoms with Gasteiger partial charge in [-0.05, 0) is 81.9 Å². The Morgan fingerprint density at radius 1 is 1.11 bits per heavy atom. The van der Waals surface area contributed by atoms with E-state index in [0.29, 0.717) is 10.9 Å². The Morgan fingerprint density at radius 2 is 1.86 bits per heavy atom. The smallest absolute Gasteiger partial charge is 0.221 e. The van der Waals surface area contributed by atoms with Crippen molar-refractivity contribution >= 4 is 42.4 Å². The molecule has 1 aliphatic rings. The third-order valence-electron chi connectivity index (χ3n) is 5.45. The van der Waals surface area contributed by atoms with E-state index in [1.54, 1.807) is 18.2 Å². The summed E-state index contributed by atoms with van der Waals surface area (Å²) in [5.41, 5.74) is 2.76. The number of sulfone groups is 1. The predicted molar refractivity (Wildman–Crippen MR) is 117 cm³/mol. The van der Waals surface area contributed by atoms with E-state index in [1.807, 2.05) is 31.2 Å². The predicted octanol–water partition coefficient (Wildman–Crippen LogP) is 4.58. The molecule has 0 radical (unpaired) electrons. The normalized spacial score (nSPS) is 16.5. The fourth-order valence-electron chi connectivity index (χ4n) is 3.65. The highest BCUT2D eigenvalue weighted by Crippen LogP contribution is 2.29. The van der Waals surface area contributed by atoms with Crippen LogP contribution in [0.3, 0.4) is 0 Å². The molecule has 0 amide bonds. The maximum absolute atomic E-state index is 13.2. The van der Waals surface area contributed by atoms with E-state index in [4.69, 9.17) is 0 Å². The molecule has 1 aromatic heterocycles. The van der Waals surface area contributed by atoms with Crippen molar-refractivity contribution in [3.05, 3.63) is 52.5 Å². The first-order valence-electron chi connectivity index (χ1n) is 9.42. The van der Waals surface area contributed by atoms with E-state index in [9.17, 15) is 8.42 Å². The molecular weight excluding hydrogens is 438 g/mol. The van der Waals surface area contributed by atoms with Crippen LogP contribution in [0.25, 0.3) is 10.9 Å². The Labute approximate surface area is 174 Å². The van der Waals surface area contributed by atoms with Crippen molar-refractivity contribution < 1.29 is 8.42 Å². The van der Waals surface area contributed by atoms with Gasteiger partial charge in [0.25, 0.3) is 0 Å². The molecule has 5 nitrogen and oxygen atoms in total. The number of halogens is 1. The number of nitrogens with zero attached hydrogens (tertiary/aromatic N) is 1. The maximum atomic E-state index is 13.2. The van der Waals surface area contributed by atoms with E-state index >= 15 is 0 Å². The Kier molecular flexibility index (Phi) is 5.24. The SMILES string of the molecule is Cc1ccc(S(=O)(=O)c2cc3cc(Br)ccc3[nH]2)cc1NC1CCN(C)CC1. The number of likely N-dealkylation sites (tertiary alicyclic amines) is 1. The van der Waals surface area contributed by atoms with Crippen LogP contribution < -0.4 is 5.32 Å². The number of aryl methyl sites for hydroxylation is 1. The molecule has 2 heterocycles. The summed E-state index contributed by atoms with van der Waals surface area (Å²) in [7, 11) is -1.49. The standard InChI is InChI=1S/C21H24BrN3O2S/c1-14-3-5-18(13-20(14)23-17-7-9-25(2)10-8-17)28(26,27)21-12-15-11-16(22)4-6-19(15)24-21/h3-6,11-13,17,23-24H,7-10H2,1-2H3. The maximum Gasteiger partial charge on any atom is 0.221 e. The van der Waals surface area contributed by atoms with E-state index in [2.05, 4.69) is 38.2 Å². The zero-order chi connectivity index (χ0) is 19.9. The lowest BCUT2D eigenvalue weighted by atomic mass is 10.0. The van der Waals surface area contributed by atoms with E-state index in [0.717, 1.165) is 52.6 Å². The van der Waals surface area contributed by atoms with Crippen molar-refractivity contribution in [3.63, 3.8) is 0 Å². The van der Waals surface area contributed by atoms with Gasteiger partial charge in [0.1, 0.15) is 5.03 Å². The summed E-state index contributed by atoms with van der Waals surface area (Å²) in [5, 5.41) is 4.64. The van der Waals surface area contributed by atoms with Gasteiger partial charge in [-0.1, -0.05) is 22.0 Å². The van der Waals surface area contributed by atoms with Gasteiger partial charge in [-0.25, -0.2) is 8.42 Å². The van der Waals surface area contributed by atoms with Gasteiger partial charge in [0.05, 0.1) is 4.90 Å². The quantitative estimate of drug-likeness (QED) is 0.596. The number of nitrogens with one attached hydrogen (secondary N) is 2. The summed E-state index contributed by atoms with van der Waals surface area (Å²) in [4.78, 5) is 5.67. The molecule has 0 aliphatic carbocycles. The molecule has 7 heteroatoms. The van der Waals surface area contributed by atoms with Crippen LogP contribution in [0.2, 0.25) is 0 Å². The second-order valence-electron chi connectivity index (χ2n) is 7.57. The fourth-order valence-corrected chi connectivity index (χ4v) is 5.32. The highest BCUT2D eigenvalue weighted by atomic mass is 79.9. The Balaban J connectivity index is 1.65. The van der Waals surface area contributed by atoms with Crippen LogP contribution in [0.5, 0.6) is 0 Å². The Bertz CT molecular complexity index is 1120. The van der Waals surface area contributed by atoms with Crippen LogP contribution in [0.15, 0.2) is 56.9 Å². The number of aromatic amines is 1. The number of hydrogen-bond acceptors (Lipinski definition) is 4. The van der Waals surface area contributed by atoms with Crippen molar-refractivity contribution in [1.29, 1.82) is 0 Å². The zero-order valence-electron chi connectivity index (χ0n) is 16.0. The van der Waals surface area contributed by atoms with Gasteiger partial charge >= 0.3 is 0 Å². The summed E-state index contributed by atoms with van der Waals surface area (Å²) in [6.45, 7) is 4.12. The number of piperidine rings is 1. The highest BCUT2D eigenvalue weighted by Gasteiger charge is 2.22. The number of benzene rings is 2. The van der Waals surface area contributed by atoms with Gasteiger partial charge in [-0.2, -0.15) is 0 Å². The van der Waals surface area contributed by atoms with E-state index in [1.165, 1.54) is 0 Å². The lowest BCUT2D eigenvalue weighted by Crippen LogP contribution is -2.36. The van der Waals surface area contributed by atoms with Crippen molar-refractivity contribution in [2.75, 3.05) is 25.5 Å². The number of fused-ring (bicyclic) bond motifs is 1. The number of aromatic nitrogens is 1. The van der Waals surface area contributed by atoms with Gasteiger partial charge in [0.2, 0.25) is 9.84 Å². The second kappa shape index (κ2) is 7.54. The summed E-state index contributed by atoms with van der Waals surface area (Å²) < 4.78 is 27.3. The van der Waals surface area contributed by atoms with Gasteiger partial charge in [0, 0.05) is 27.1 Å². The van der Waals surface area contributed by atoms with Crippen LogP contribution in [-0.2, 0) is 9.84 Å². The molecule has 0 bridgehead atoms. The van der Waals surface area contributed by atoms with Crippen molar-refractivity contribution in [2.24, 2.45) is 0 Å². The molecular formula is C21H24BrN3O2S. The molecule has 0 saturated carbocycles. The van der Waals surface area contributed by atoms with Crippen molar-refractivity contribution in [3.8, 4) is 0 Å². The average molecular weight is 462 g/mol. The molecule has 1 saturated heterocycles. The monoisotopic (exact) mass is 461 g/mol. The van der Waals surface area contributed by atoms with Gasteiger partial charge < -0.3 is 15.2 Å². The van der Waals surface area contributed by atoms with Gasteiger partial charge in [-0.15, -0.1) is 0 Å². The molecule has 0 unspecified atom stereocenters. The molecule has 0 spiro atoms. The summed E-state index contributed by atoms with van der Waals surface area (Å²) in [6, 6.07) is 13.1. The first kappa shape index (κ1) is 19.5. The van der Waals surface area contributed by atoms with E-state index < -0.39 is 9.84 Å². The van der Waals surface area contributed by atoms with E-state index in [-0.39, 0.29) is 5.03 Å². The molecule has 1 aliphatic heterocycles. The largest absolute Gasteiger partial charge is 0.382 e. The van der Waals surface area contributed by atoms with Crippen molar-refractivity contribution in [2.45, 2.75) is 35.7 Å².